The smallest absolute Gasteiger partial charge is 0.0624 e. The Morgan fingerprint density at radius 2 is 2.41 bits per heavy atom. The molecule has 2 rings (SSSR count). The van der Waals surface area contributed by atoms with E-state index in [1.54, 1.807) is 0 Å². The van der Waals surface area contributed by atoms with Gasteiger partial charge in [0.15, 0.2) is 0 Å². The molecule has 0 saturated carbocycles. The first kappa shape index (κ1) is 13.3. The van der Waals surface area contributed by atoms with Crippen molar-refractivity contribution in [3.63, 3.8) is 0 Å². The fourth-order valence-corrected chi connectivity index (χ4v) is 4.88. The molecule has 0 radical (unpaired) electrons. The lowest BCUT2D eigenvalue weighted by atomic mass is 10.1. The Morgan fingerprint density at radius 3 is 3.00 bits per heavy atom. The third kappa shape index (κ3) is 3.42. The molecule has 3 nitrogen and oxygen atoms in total. The van der Waals surface area contributed by atoms with Gasteiger partial charge >= 0.3 is 0 Å². The van der Waals surface area contributed by atoms with Crippen molar-refractivity contribution in [1.29, 1.82) is 0 Å². The Labute approximate surface area is 112 Å². The SMILES string of the molecule is CCc1cc(CC(N)C2CSCCS2)n(C)n1. The van der Waals surface area contributed by atoms with E-state index in [0.29, 0.717) is 5.25 Å². The van der Waals surface area contributed by atoms with Crippen LogP contribution in [0, 0.1) is 0 Å². The zero-order valence-electron chi connectivity index (χ0n) is 10.6. The molecule has 2 heterocycles. The predicted molar refractivity (Wildman–Crippen MR) is 77.8 cm³/mol. The first-order valence-corrected chi connectivity index (χ1v) is 8.37. The van der Waals surface area contributed by atoms with Crippen LogP contribution < -0.4 is 5.73 Å². The molecule has 2 N–H and O–H groups in total. The van der Waals surface area contributed by atoms with Crippen LogP contribution in [0.5, 0.6) is 0 Å². The minimum atomic E-state index is 0.257. The van der Waals surface area contributed by atoms with Crippen molar-refractivity contribution in [3.8, 4) is 0 Å². The first-order chi connectivity index (χ1) is 8.20. The quantitative estimate of drug-likeness (QED) is 0.905. The van der Waals surface area contributed by atoms with Crippen molar-refractivity contribution >= 4 is 23.5 Å². The van der Waals surface area contributed by atoms with Gasteiger partial charge < -0.3 is 5.73 Å². The third-order valence-electron chi connectivity index (χ3n) is 3.15. The molecule has 0 aliphatic carbocycles. The van der Waals surface area contributed by atoms with Crippen LogP contribution in [0.3, 0.4) is 0 Å². The molecule has 0 bridgehead atoms. The average Bonchev–Trinajstić information content (AvgIpc) is 2.71. The van der Waals surface area contributed by atoms with E-state index in [1.165, 1.54) is 28.6 Å². The van der Waals surface area contributed by atoms with E-state index in [-0.39, 0.29) is 6.04 Å². The van der Waals surface area contributed by atoms with E-state index in [0.717, 1.165) is 12.8 Å². The van der Waals surface area contributed by atoms with Crippen molar-refractivity contribution in [2.45, 2.75) is 31.1 Å². The van der Waals surface area contributed by atoms with Gasteiger partial charge in [-0.2, -0.15) is 28.6 Å². The fraction of sp³-hybridized carbons (Fsp3) is 0.750. The number of nitrogens with two attached hydrogens (primary N) is 1. The van der Waals surface area contributed by atoms with Crippen molar-refractivity contribution in [3.05, 3.63) is 17.5 Å². The lowest BCUT2D eigenvalue weighted by molar-refractivity contribution is 0.612. The maximum atomic E-state index is 6.32. The number of rotatable bonds is 4. The Bertz CT molecular complexity index is 359. The van der Waals surface area contributed by atoms with E-state index in [1.807, 2.05) is 35.3 Å². The van der Waals surface area contributed by atoms with Crippen LogP contribution in [0.25, 0.3) is 0 Å². The molecule has 0 spiro atoms. The van der Waals surface area contributed by atoms with Crippen LogP contribution >= 0.6 is 23.5 Å². The lowest BCUT2D eigenvalue weighted by Gasteiger charge is -2.26. The van der Waals surface area contributed by atoms with Crippen molar-refractivity contribution in [2.24, 2.45) is 12.8 Å². The largest absolute Gasteiger partial charge is 0.326 e. The topological polar surface area (TPSA) is 43.8 Å². The number of aryl methyl sites for hydroxylation is 2. The molecule has 0 amide bonds. The highest BCUT2D eigenvalue weighted by Crippen LogP contribution is 2.27. The zero-order chi connectivity index (χ0) is 12.3. The second-order valence-corrected chi connectivity index (χ2v) is 6.95. The monoisotopic (exact) mass is 271 g/mol. The summed E-state index contributed by atoms with van der Waals surface area (Å²) in [5.41, 5.74) is 8.76. The summed E-state index contributed by atoms with van der Waals surface area (Å²) in [7, 11) is 2.02. The Hall–Kier alpha value is -0.130. The normalized spacial score (nSPS) is 22.6. The van der Waals surface area contributed by atoms with Crippen LogP contribution in [-0.2, 0) is 19.9 Å². The maximum absolute atomic E-state index is 6.32. The molecular formula is C12H21N3S2. The molecule has 96 valence electrons. The van der Waals surface area contributed by atoms with E-state index in [4.69, 9.17) is 5.73 Å². The molecule has 1 aromatic heterocycles. The highest BCUT2D eigenvalue weighted by atomic mass is 32.2. The average molecular weight is 271 g/mol. The summed E-state index contributed by atoms with van der Waals surface area (Å²) in [5.74, 6) is 3.72. The van der Waals surface area contributed by atoms with Crippen LogP contribution in [0.1, 0.15) is 18.3 Å². The van der Waals surface area contributed by atoms with Gasteiger partial charge in [-0.25, -0.2) is 0 Å². The van der Waals surface area contributed by atoms with Crippen molar-refractivity contribution < 1.29 is 0 Å². The molecule has 0 aromatic carbocycles. The second-order valence-electron chi connectivity index (χ2n) is 4.46. The van der Waals surface area contributed by atoms with E-state index < -0.39 is 0 Å². The summed E-state index contributed by atoms with van der Waals surface area (Å²) >= 11 is 4.07. The molecule has 17 heavy (non-hydrogen) atoms. The molecule has 1 saturated heterocycles. The van der Waals surface area contributed by atoms with Gasteiger partial charge in [0.1, 0.15) is 0 Å². The van der Waals surface area contributed by atoms with Gasteiger partial charge in [0.25, 0.3) is 0 Å². The molecule has 1 aliphatic rings. The van der Waals surface area contributed by atoms with E-state index >= 15 is 0 Å². The summed E-state index contributed by atoms with van der Waals surface area (Å²) in [6.07, 6.45) is 1.94. The second kappa shape index (κ2) is 6.16. The molecule has 1 fully saturated rings. The number of hydrogen-bond donors (Lipinski definition) is 1. The molecular weight excluding hydrogens is 250 g/mol. The molecule has 1 aliphatic heterocycles. The summed E-state index contributed by atoms with van der Waals surface area (Å²) in [6.45, 7) is 2.14. The van der Waals surface area contributed by atoms with Gasteiger partial charge in [-0.3, -0.25) is 4.68 Å². The molecule has 1 aromatic rings. The Balaban J connectivity index is 1.96. The Morgan fingerprint density at radius 1 is 1.59 bits per heavy atom. The first-order valence-electron chi connectivity index (χ1n) is 6.17. The summed E-state index contributed by atoms with van der Waals surface area (Å²) in [4.78, 5) is 0. The minimum absolute atomic E-state index is 0.257. The van der Waals surface area contributed by atoms with Crippen LogP contribution in [-0.4, -0.2) is 38.3 Å². The standard InChI is InChI=1S/C12H21N3S2/c1-3-9-6-10(15(2)14-9)7-11(13)12-8-16-4-5-17-12/h6,11-12H,3-5,7-8,13H2,1-2H3. The molecule has 2 unspecified atom stereocenters. The molecule has 2 atom stereocenters. The van der Waals surface area contributed by atoms with Crippen LogP contribution in [0.15, 0.2) is 6.07 Å². The number of nitrogens with zero attached hydrogens (tertiary/aromatic N) is 2. The number of thioether (sulfide) groups is 2. The van der Waals surface area contributed by atoms with E-state index in [2.05, 4.69) is 18.1 Å². The summed E-state index contributed by atoms with van der Waals surface area (Å²) in [6, 6.07) is 2.45. The predicted octanol–water partition coefficient (Wildman–Crippen LogP) is 1.70. The van der Waals surface area contributed by atoms with E-state index in [9.17, 15) is 0 Å². The van der Waals surface area contributed by atoms with Crippen molar-refractivity contribution in [2.75, 3.05) is 17.3 Å². The third-order valence-corrected chi connectivity index (χ3v) is 6.09. The van der Waals surface area contributed by atoms with Crippen LogP contribution in [0.2, 0.25) is 0 Å². The maximum Gasteiger partial charge on any atom is 0.0624 e. The van der Waals surface area contributed by atoms with Gasteiger partial charge in [-0.15, -0.1) is 0 Å². The lowest BCUT2D eigenvalue weighted by Crippen LogP contribution is -2.38. The van der Waals surface area contributed by atoms with Crippen LogP contribution in [0.4, 0.5) is 0 Å². The van der Waals surface area contributed by atoms with Gasteiger partial charge in [-0.1, -0.05) is 6.92 Å². The van der Waals surface area contributed by atoms with Gasteiger partial charge in [0.2, 0.25) is 0 Å². The summed E-state index contributed by atoms with van der Waals surface area (Å²) < 4.78 is 1.99. The van der Waals surface area contributed by atoms with Crippen molar-refractivity contribution in [1.82, 2.24) is 9.78 Å². The van der Waals surface area contributed by atoms with Gasteiger partial charge in [0, 0.05) is 47.7 Å². The highest BCUT2D eigenvalue weighted by molar-refractivity contribution is 8.06. The fourth-order valence-electron chi connectivity index (χ4n) is 2.06. The summed E-state index contributed by atoms with van der Waals surface area (Å²) in [5, 5.41) is 5.08. The van der Waals surface area contributed by atoms with Gasteiger partial charge in [0.05, 0.1) is 5.69 Å². The number of hydrogen-bond acceptors (Lipinski definition) is 4. The zero-order valence-corrected chi connectivity index (χ0v) is 12.2. The minimum Gasteiger partial charge on any atom is -0.326 e. The number of aromatic nitrogens is 2. The van der Waals surface area contributed by atoms with Gasteiger partial charge in [-0.05, 0) is 12.5 Å². The molecule has 5 heteroatoms. The highest BCUT2D eigenvalue weighted by Gasteiger charge is 2.22. The Kier molecular flexibility index (Phi) is 4.82.